The molecule has 0 aliphatic heterocycles. The summed E-state index contributed by atoms with van der Waals surface area (Å²) < 4.78 is 5.57. The first-order chi connectivity index (χ1) is 13.0. The summed E-state index contributed by atoms with van der Waals surface area (Å²) in [4.78, 5) is 38.1. The summed E-state index contributed by atoms with van der Waals surface area (Å²) in [7, 11) is 0. The zero-order valence-electron chi connectivity index (χ0n) is 15.8. The number of nitrogens with zero attached hydrogens (tertiary/aromatic N) is 1. The van der Waals surface area contributed by atoms with Gasteiger partial charge in [-0.2, -0.15) is 0 Å². The van der Waals surface area contributed by atoms with Crippen LogP contribution < -0.4 is 5.32 Å². The molecule has 2 aromatic carbocycles. The van der Waals surface area contributed by atoms with E-state index in [1.165, 1.54) is 6.92 Å². The van der Waals surface area contributed by atoms with E-state index in [0.29, 0.717) is 29.9 Å². The average molecular weight is 368 g/mol. The van der Waals surface area contributed by atoms with Crippen LogP contribution in [0.5, 0.6) is 0 Å². The first-order valence-electron chi connectivity index (χ1n) is 8.88. The predicted molar refractivity (Wildman–Crippen MR) is 103 cm³/mol. The lowest BCUT2D eigenvalue weighted by Crippen LogP contribution is -2.36. The smallest absolute Gasteiger partial charge is 0.339 e. The summed E-state index contributed by atoms with van der Waals surface area (Å²) in [5.74, 6) is -1.05. The Morgan fingerprint density at radius 2 is 1.56 bits per heavy atom. The molecule has 27 heavy (non-hydrogen) atoms. The summed E-state index contributed by atoms with van der Waals surface area (Å²) in [6.45, 7) is 6.23. The van der Waals surface area contributed by atoms with Crippen molar-refractivity contribution in [1.29, 1.82) is 0 Å². The number of amides is 2. The number of carbonyl (C=O) groups is 3. The first kappa shape index (κ1) is 20.2. The highest BCUT2D eigenvalue weighted by atomic mass is 16.5. The Labute approximate surface area is 159 Å². The molecule has 2 rings (SSSR count). The highest BCUT2D eigenvalue weighted by Crippen LogP contribution is 2.22. The Hall–Kier alpha value is -3.15. The Morgan fingerprint density at radius 1 is 0.963 bits per heavy atom. The van der Waals surface area contributed by atoms with Gasteiger partial charge >= 0.3 is 5.97 Å². The van der Waals surface area contributed by atoms with Crippen LogP contribution in [0.25, 0.3) is 0 Å². The lowest BCUT2D eigenvalue weighted by molar-refractivity contribution is -0.140. The lowest BCUT2D eigenvalue weighted by Gasteiger charge is -2.25. The van der Waals surface area contributed by atoms with E-state index in [0.717, 1.165) is 0 Å². The molecule has 0 aliphatic rings. The largest absolute Gasteiger partial charge is 0.444 e. The SMILES string of the molecule is CCN(CC)C(=O)[C@@H](OC(=O)c1ccc(NC(C)=O)cc1)c1ccccc1. The Balaban J connectivity index is 2.22. The first-order valence-corrected chi connectivity index (χ1v) is 8.88. The predicted octanol–water partition coefficient (Wildman–Crippen LogP) is 3.41. The van der Waals surface area contributed by atoms with Gasteiger partial charge in [-0.15, -0.1) is 0 Å². The monoisotopic (exact) mass is 368 g/mol. The molecule has 0 aliphatic carbocycles. The molecule has 2 aromatic rings. The minimum atomic E-state index is -1.01. The van der Waals surface area contributed by atoms with Gasteiger partial charge in [0.2, 0.25) is 12.0 Å². The van der Waals surface area contributed by atoms with Crippen LogP contribution in [0.4, 0.5) is 5.69 Å². The number of nitrogens with one attached hydrogen (secondary N) is 1. The van der Waals surface area contributed by atoms with Crippen molar-refractivity contribution in [1.82, 2.24) is 4.90 Å². The summed E-state index contributed by atoms with van der Waals surface area (Å²) in [5.41, 5.74) is 1.51. The van der Waals surface area contributed by atoms with E-state index in [2.05, 4.69) is 5.32 Å². The van der Waals surface area contributed by atoms with Gasteiger partial charge in [0.15, 0.2) is 0 Å². The Morgan fingerprint density at radius 3 is 2.07 bits per heavy atom. The molecule has 0 bridgehead atoms. The molecule has 0 aromatic heterocycles. The lowest BCUT2D eigenvalue weighted by atomic mass is 10.1. The quantitative estimate of drug-likeness (QED) is 0.760. The summed E-state index contributed by atoms with van der Waals surface area (Å²) >= 11 is 0. The minimum Gasteiger partial charge on any atom is -0.444 e. The van der Waals surface area contributed by atoms with Crippen LogP contribution >= 0.6 is 0 Å². The van der Waals surface area contributed by atoms with Gasteiger partial charge in [-0.05, 0) is 38.1 Å². The van der Waals surface area contributed by atoms with Crippen molar-refractivity contribution in [2.24, 2.45) is 0 Å². The molecule has 0 unspecified atom stereocenters. The number of ether oxygens (including phenoxy) is 1. The van der Waals surface area contributed by atoms with Crippen LogP contribution in [0.15, 0.2) is 54.6 Å². The van der Waals surface area contributed by atoms with Crippen molar-refractivity contribution in [2.75, 3.05) is 18.4 Å². The van der Waals surface area contributed by atoms with Crippen molar-refractivity contribution >= 4 is 23.5 Å². The van der Waals surface area contributed by atoms with Crippen molar-refractivity contribution in [3.63, 3.8) is 0 Å². The number of carbonyl (C=O) groups excluding carboxylic acids is 3. The number of anilines is 1. The maximum absolute atomic E-state index is 12.8. The van der Waals surface area contributed by atoms with E-state index in [1.807, 2.05) is 19.9 Å². The van der Waals surface area contributed by atoms with Crippen LogP contribution in [0.1, 0.15) is 42.8 Å². The molecule has 1 atom stereocenters. The molecule has 0 saturated heterocycles. The van der Waals surface area contributed by atoms with E-state index in [4.69, 9.17) is 4.74 Å². The van der Waals surface area contributed by atoms with Gasteiger partial charge < -0.3 is 15.0 Å². The van der Waals surface area contributed by atoms with Crippen LogP contribution in [-0.4, -0.2) is 35.8 Å². The molecule has 0 fully saturated rings. The van der Waals surface area contributed by atoms with E-state index >= 15 is 0 Å². The second kappa shape index (κ2) is 9.52. The number of rotatable bonds is 7. The molecule has 0 heterocycles. The molecule has 6 nitrogen and oxygen atoms in total. The third kappa shape index (κ3) is 5.41. The Bertz CT molecular complexity index is 784. The molecule has 0 saturated carbocycles. The summed E-state index contributed by atoms with van der Waals surface area (Å²) in [5, 5.41) is 2.63. The van der Waals surface area contributed by atoms with Crippen molar-refractivity contribution < 1.29 is 19.1 Å². The van der Waals surface area contributed by atoms with Crippen LogP contribution in [0, 0.1) is 0 Å². The van der Waals surface area contributed by atoms with Crippen molar-refractivity contribution in [3.8, 4) is 0 Å². The van der Waals surface area contributed by atoms with Crippen LogP contribution in [0.3, 0.4) is 0 Å². The van der Waals surface area contributed by atoms with Crippen molar-refractivity contribution in [3.05, 3.63) is 65.7 Å². The zero-order valence-corrected chi connectivity index (χ0v) is 15.8. The highest BCUT2D eigenvalue weighted by molar-refractivity contribution is 5.94. The van der Waals surface area contributed by atoms with Gasteiger partial charge in [0.1, 0.15) is 0 Å². The number of hydrogen-bond acceptors (Lipinski definition) is 4. The molecular weight excluding hydrogens is 344 g/mol. The van der Waals surface area contributed by atoms with Crippen molar-refractivity contribution in [2.45, 2.75) is 26.9 Å². The highest BCUT2D eigenvalue weighted by Gasteiger charge is 2.28. The minimum absolute atomic E-state index is 0.195. The van der Waals surface area contributed by atoms with Gasteiger partial charge in [0, 0.05) is 31.3 Å². The molecule has 2 amide bonds. The van der Waals surface area contributed by atoms with E-state index < -0.39 is 12.1 Å². The van der Waals surface area contributed by atoms with E-state index in [1.54, 1.807) is 53.4 Å². The second-order valence-corrected chi connectivity index (χ2v) is 5.97. The second-order valence-electron chi connectivity index (χ2n) is 5.97. The summed E-state index contributed by atoms with van der Waals surface area (Å²) in [6, 6.07) is 15.3. The molecule has 0 spiro atoms. The zero-order chi connectivity index (χ0) is 19.8. The average Bonchev–Trinajstić information content (AvgIpc) is 2.67. The van der Waals surface area contributed by atoms with Gasteiger partial charge in [0.05, 0.1) is 5.56 Å². The Kier molecular flexibility index (Phi) is 7.11. The maximum Gasteiger partial charge on any atom is 0.339 e. The number of benzene rings is 2. The topological polar surface area (TPSA) is 75.7 Å². The third-order valence-corrected chi connectivity index (χ3v) is 4.07. The normalized spacial score (nSPS) is 11.4. The molecule has 6 heteroatoms. The van der Waals surface area contributed by atoms with Gasteiger partial charge in [-0.25, -0.2) is 4.79 Å². The fraction of sp³-hybridized carbons (Fsp3) is 0.286. The van der Waals surface area contributed by atoms with Gasteiger partial charge in [0.25, 0.3) is 5.91 Å². The third-order valence-electron chi connectivity index (χ3n) is 4.07. The maximum atomic E-state index is 12.8. The van der Waals surface area contributed by atoms with Crippen LogP contribution in [-0.2, 0) is 14.3 Å². The van der Waals surface area contributed by atoms with E-state index in [-0.39, 0.29) is 11.8 Å². The van der Waals surface area contributed by atoms with Gasteiger partial charge in [-0.3, -0.25) is 9.59 Å². The number of hydrogen-bond donors (Lipinski definition) is 1. The fourth-order valence-corrected chi connectivity index (χ4v) is 2.66. The number of likely N-dealkylation sites (N-methyl/N-ethyl adjacent to an activating group) is 1. The van der Waals surface area contributed by atoms with Gasteiger partial charge in [-0.1, -0.05) is 30.3 Å². The molecule has 142 valence electrons. The molecule has 0 radical (unpaired) electrons. The number of esters is 1. The molecule has 1 N–H and O–H groups in total. The fourth-order valence-electron chi connectivity index (χ4n) is 2.66. The van der Waals surface area contributed by atoms with E-state index in [9.17, 15) is 14.4 Å². The summed E-state index contributed by atoms with van der Waals surface area (Å²) in [6.07, 6.45) is -1.01. The molecular formula is C21H24N2O4. The standard InChI is InChI=1S/C21H24N2O4/c1-4-23(5-2)20(25)19(16-9-7-6-8-10-16)27-21(26)17-11-13-18(14-12-17)22-15(3)24/h6-14,19H,4-5H2,1-3H3,(H,22,24)/t19-/m0/s1. The van der Waals surface area contributed by atoms with Crippen LogP contribution in [0.2, 0.25) is 0 Å².